The van der Waals surface area contributed by atoms with E-state index in [2.05, 4.69) is 5.32 Å². The van der Waals surface area contributed by atoms with Crippen LogP contribution in [0, 0.1) is 0 Å². The Morgan fingerprint density at radius 2 is 1.87 bits per heavy atom. The van der Waals surface area contributed by atoms with E-state index < -0.39 is 6.04 Å². The van der Waals surface area contributed by atoms with Crippen LogP contribution in [0.4, 0.5) is 0 Å². The van der Waals surface area contributed by atoms with Gasteiger partial charge in [-0.3, -0.25) is 9.59 Å². The highest BCUT2D eigenvalue weighted by molar-refractivity contribution is 6.30. The lowest BCUT2D eigenvalue weighted by Crippen LogP contribution is -2.51. The van der Waals surface area contributed by atoms with E-state index in [-0.39, 0.29) is 24.5 Å². The molecule has 1 saturated carbocycles. The quantitative estimate of drug-likeness (QED) is 0.650. The van der Waals surface area contributed by atoms with E-state index in [1.807, 2.05) is 30.3 Å². The smallest absolute Gasteiger partial charge is 0.261 e. The number of halogens is 1. The Balaban J connectivity index is 1.65. The lowest BCUT2D eigenvalue weighted by atomic mass is 10.1. The molecule has 0 aromatic heterocycles. The molecule has 1 fully saturated rings. The average molecular weight is 429 g/mol. The fourth-order valence-electron chi connectivity index (χ4n) is 3.75. The molecule has 0 radical (unpaired) electrons. The summed E-state index contributed by atoms with van der Waals surface area (Å²) in [6.45, 7) is 2.09. The summed E-state index contributed by atoms with van der Waals surface area (Å²) in [6, 6.07) is 16.5. The molecule has 0 spiro atoms. The van der Waals surface area contributed by atoms with Crippen molar-refractivity contribution in [3.05, 3.63) is 65.2 Å². The van der Waals surface area contributed by atoms with Gasteiger partial charge in [-0.2, -0.15) is 0 Å². The number of amides is 2. The van der Waals surface area contributed by atoms with Crippen LogP contribution in [-0.2, 0) is 16.0 Å². The van der Waals surface area contributed by atoms with E-state index in [4.69, 9.17) is 16.3 Å². The molecule has 6 heteroatoms. The molecule has 2 aromatic rings. The summed E-state index contributed by atoms with van der Waals surface area (Å²) in [7, 11) is 0. The summed E-state index contributed by atoms with van der Waals surface area (Å²) in [6.07, 6.45) is 4.97. The van der Waals surface area contributed by atoms with Crippen LogP contribution in [0.2, 0.25) is 5.02 Å². The van der Waals surface area contributed by atoms with Crippen molar-refractivity contribution in [2.75, 3.05) is 13.2 Å². The maximum atomic E-state index is 13.0. The number of nitrogens with one attached hydrogen (secondary N) is 1. The van der Waals surface area contributed by atoms with Gasteiger partial charge in [0.2, 0.25) is 5.91 Å². The molecule has 2 aromatic carbocycles. The van der Waals surface area contributed by atoms with Gasteiger partial charge in [0.25, 0.3) is 5.91 Å². The van der Waals surface area contributed by atoms with Gasteiger partial charge >= 0.3 is 0 Å². The molecule has 1 N–H and O–H groups in total. The van der Waals surface area contributed by atoms with Crippen molar-refractivity contribution in [1.82, 2.24) is 10.2 Å². The molecule has 3 rings (SSSR count). The lowest BCUT2D eigenvalue weighted by molar-refractivity contribution is -0.141. The summed E-state index contributed by atoms with van der Waals surface area (Å²) in [5, 5.41) is 3.65. The maximum absolute atomic E-state index is 13.0. The number of nitrogens with zero attached hydrogens (tertiary/aromatic N) is 1. The van der Waals surface area contributed by atoms with Gasteiger partial charge in [-0.1, -0.05) is 60.8 Å². The number of hydrogen-bond donors (Lipinski definition) is 1. The van der Waals surface area contributed by atoms with Crippen molar-refractivity contribution in [2.24, 2.45) is 0 Å². The second-order valence-corrected chi connectivity index (χ2v) is 8.17. The minimum atomic E-state index is -0.565. The third-order valence-corrected chi connectivity index (χ3v) is 5.75. The number of benzene rings is 2. The van der Waals surface area contributed by atoms with E-state index in [1.165, 1.54) is 0 Å². The third-order valence-electron chi connectivity index (χ3n) is 5.51. The highest BCUT2D eigenvalue weighted by Crippen LogP contribution is 2.19. The first-order chi connectivity index (χ1) is 14.5. The Morgan fingerprint density at radius 1 is 1.13 bits per heavy atom. The van der Waals surface area contributed by atoms with Crippen LogP contribution < -0.4 is 10.1 Å². The second-order valence-electron chi connectivity index (χ2n) is 7.73. The Kier molecular flexibility index (Phi) is 8.14. The van der Waals surface area contributed by atoms with Gasteiger partial charge in [-0.25, -0.2) is 0 Å². The Hall–Kier alpha value is -2.53. The van der Waals surface area contributed by atoms with Crippen molar-refractivity contribution in [3.8, 4) is 5.75 Å². The van der Waals surface area contributed by atoms with E-state index in [0.29, 0.717) is 23.7 Å². The van der Waals surface area contributed by atoms with Crippen molar-refractivity contribution in [2.45, 2.75) is 51.1 Å². The van der Waals surface area contributed by atoms with Gasteiger partial charge in [0.15, 0.2) is 6.61 Å². The van der Waals surface area contributed by atoms with Crippen molar-refractivity contribution in [3.63, 3.8) is 0 Å². The molecular weight excluding hydrogens is 400 g/mol. The zero-order valence-electron chi connectivity index (χ0n) is 17.4. The summed E-state index contributed by atoms with van der Waals surface area (Å²) in [5.74, 6) is 0.202. The standard InChI is InChI=1S/C24H29ClN2O3/c1-18(24(29)26-21-11-5-6-12-21)27(15-14-19-8-3-2-4-9-19)23(28)17-30-22-13-7-10-20(25)16-22/h2-4,7-10,13,16,18,21H,5-6,11-12,14-15,17H2,1H3,(H,26,29). The first kappa shape index (κ1) is 22.2. The van der Waals surface area contributed by atoms with Crippen LogP contribution in [0.5, 0.6) is 5.75 Å². The van der Waals surface area contributed by atoms with Crippen LogP contribution in [0.15, 0.2) is 54.6 Å². The van der Waals surface area contributed by atoms with Crippen LogP contribution in [-0.4, -0.2) is 41.9 Å². The summed E-state index contributed by atoms with van der Waals surface area (Å²) < 4.78 is 5.64. The van der Waals surface area contributed by atoms with Crippen LogP contribution in [0.25, 0.3) is 0 Å². The van der Waals surface area contributed by atoms with Gasteiger partial charge in [0.1, 0.15) is 11.8 Å². The Labute approximate surface area is 183 Å². The Bertz CT molecular complexity index is 837. The van der Waals surface area contributed by atoms with Crippen LogP contribution in [0.3, 0.4) is 0 Å². The van der Waals surface area contributed by atoms with Gasteiger partial charge in [-0.15, -0.1) is 0 Å². The van der Waals surface area contributed by atoms with Gasteiger partial charge in [0.05, 0.1) is 0 Å². The molecule has 1 atom stereocenters. The van der Waals surface area contributed by atoms with E-state index in [1.54, 1.807) is 36.1 Å². The zero-order valence-corrected chi connectivity index (χ0v) is 18.1. The fourth-order valence-corrected chi connectivity index (χ4v) is 3.93. The largest absolute Gasteiger partial charge is 0.484 e. The van der Waals surface area contributed by atoms with E-state index >= 15 is 0 Å². The second kappa shape index (κ2) is 11.0. The predicted octanol–water partition coefficient (Wildman–Crippen LogP) is 4.24. The highest BCUT2D eigenvalue weighted by Gasteiger charge is 2.28. The summed E-state index contributed by atoms with van der Waals surface area (Å²) in [4.78, 5) is 27.4. The van der Waals surface area contributed by atoms with Gasteiger partial charge in [0, 0.05) is 17.6 Å². The topological polar surface area (TPSA) is 58.6 Å². The molecule has 0 heterocycles. The molecule has 5 nitrogen and oxygen atoms in total. The molecule has 1 aliphatic carbocycles. The minimum absolute atomic E-state index is 0.105. The predicted molar refractivity (Wildman–Crippen MR) is 119 cm³/mol. The third kappa shape index (κ3) is 6.49. The summed E-state index contributed by atoms with van der Waals surface area (Å²) in [5.41, 5.74) is 1.12. The van der Waals surface area contributed by atoms with E-state index in [9.17, 15) is 9.59 Å². The SMILES string of the molecule is CC(C(=O)NC1CCCC1)N(CCc1ccccc1)C(=O)COc1cccc(Cl)c1. The van der Waals surface area contributed by atoms with Crippen molar-refractivity contribution in [1.29, 1.82) is 0 Å². The maximum Gasteiger partial charge on any atom is 0.261 e. The lowest BCUT2D eigenvalue weighted by Gasteiger charge is -2.29. The number of rotatable bonds is 9. The number of carbonyl (C=O) groups excluding carboxylic acids is 2. The molecule has 1 aliphatic rings. The van der Waals surface area contributed by atoms with Crippen LogP contribution >= 0.6 is 11.6 Å². The van der Waals surface area contributed by atoms with E-state index in [0.717, 1.165) is 31.2 Å². The minimum Gasteiger partial charge on any atom is -0.484 e. The summed E-state index contributed by atoms with van der Waals surface area (Å²) >= 11 is 5.98. The molecular formula is C24H29ClN2O3. The first-order valence-electron chi connectivity index (χ1n) is 10.5. The number of carbonyl (C=O) groups is 2. The highest BCUT2D eigenvalue weighted by atomic mass is 35.5. The van der Waals surface area contributed by atoms with Gasteiger partial charge in [-0.05, 0) is 49.9 Å². The molecule has 0 bridgehead atoms. The Morgan fingerprint density at radius 3 is 2.57 bits per heavy atom. The molecule has 0 saturated heterocycles. The molecule has 0 aliphatic heterocycles. The zero-order chi connectivity index (χ0) is 21.3. The number of hydrogen-bond acceptors (Lipinski definition) is 3. The first-order valence-corrected chi connectivity index (χ1v) is 10.9. The number of ether oxygens (including phenoxy) is 1. The average Bonchev–Trinajstić information content (AvgIpc) is 3.26. The molecule has 1 unspecified atom stereocenters. The van der Waals surface area contributed by atoms with Gasteiger partial charge < -0.3 is 15.0 Å². The molecule has 30 heavy (non-hydrogen) atoms. The normalized spacial score (nSPS) is 14.9. The van der Waals surface area contributed by atoms with Crippen molar-refractivity contribution < 1.29 is 14.3 Å². The fraction of sp³-hybridized carbons (Fsp3) is 0.417. The molecule has 160 valence electrons. The van der Waals surface area contributed by atoms with Crippen LogP contribution in [0.1, 0.15) is 38.2 Å². The molecule has 2 amide bonds. The van der Waals surface area contributed by atoms with Crippen molar-refractivity contribution >= 4 is 23.4 Å². The monoisotopic (exact) mass is 428 g/mol.